The zero-order valence-corrected chi connectivity index (χ0v) is 11.2. The SMILES string of the molecule is CC(C)N(C(=O)c1cc(C(=O)O)ccn1)C1CCC1. The Bertz CT molecular complexity index is 495. The van der Waals surface area contributed by atoms with E-state index in [0.29, 0.717) is 0 Å². The summed E-state index contributed by atoms with van der Waals surface area (Å²) in [5.74, 6) is -1.22. The zero-order chi connectivity index (χ0) is 14.0. The highest BCUT2D eigenvalue weighted by Gasteiger charge is 2.31. The lowest BCUT2D eigenvalue weighted by Crippen LogP contribution is -2.48. The Kier molecular flexibility index (Phi) is 3.83. The Balaban J connectivity index is 2.26. The first-order chi connectivity index (χ1) is 9.00. The third-order valence-corrected chi connectivity index (χ3v) is 3.48. The molecule has 0 radical (unpaired) electrons. The van der Waals surface area contributed by atoms with Gasteiger partial charge < -0.3 is 10.0 Å². The monoisotopic (exact) mass is 262 g/mol. The second-order valence-corrected chi connectivity index (χ2v) is 5.13. The number of carbonyl (C=O) groups is 2. The van der Waals surface area contributed by atoms with Gasteiger partial charge in [-0.05, 0) is 45.2 Å². The number of carboxylic acid groups (broad SMARTS) is 1. The van der Waals surface area contributed by atoms with E-state index in [-0.39, 0.29) is 29.2 Å². The molecule has 5 nitrogen and oxygen atoms in total. The third-order valence-electron chi connectivity index (χ3n) is 3.48. The van der Waals surface area contributed by atoms with Crippen LogP contribution in [0.3, 0.4) is 0 Å². The lowest BCUT2D eigenvalue weighted by atomic mass is 9.90. The van der Waals surface area contributed by atoms with Gasteiger partial charge in [-0.2, -0.15) is 0 Å². The molecule has 1 amide bonds. The molecule has 1 aliphatic carbocycles. The average Bonchev–Trinajstić information content (AvgIpc) is 2.32. The molecule has 0 bridgehead atoms. The van der Waals surface area contributed by atoms with E-state index >= 15 is 0 Å². The van der Waals surface area contributed by atoms with Crippen LogP contribution in [0.2, 0.25) is 0 Å². The van der Waals surface area contributed by atoms with Crippen molar-refractivity contribution in [3.05, 3.63) is 29.6 Å². The number of carbonyl (C=O) groups excluding carboxylic acids is 1. The largest absolute Gasteiger partial charge is 0.478 e. The van der Waals surface area contributed by atoms with Gasteiger partial charge in [-0.1, -0.05) is 0 Å². The third kappa shape index (κ3) is 2.75. The molecular formula is C14H18N2O3. The summed E-state index contributed by atoms with van der Waals surface area (Å²) >= 11 is 0. The molecule has 1 saturated carbocycles. The van der Waals surface area contributed by atoms with Crippen LogP contribution >= 0.6 is 0 Å². The summed E-state index contributed by atoms with van der Waals surface area (Å²) in [5, 5.41) is 8.95. The number of amides is 1. The fraction of sp³-hybridized carbons (Fsp3) is 0.500. The van der Waals surface area contributed by atoms with Gasteiger partial charge in [-0.3, -0.25) is 9.78 Å². The van der Waals surface area contributed by atoms with Crippen LogP contribution in [0.4, 0.5) is 0 Å². The number of pyridine rings is 1. The molecule has 0 aromatic carbocycles. The molecule has 1 aromatic heterocycles. The van der Waals surface area contributed by atoms with E-state index in [4.69, 9.17) is 5.11 Å². The van der Waals surface area contributed by atoms with Gasteiger partial charge in [0, 0.05) is 18.3 Å². The van der Waals surface area contributed by atoms with E-state index in [1.54, 1.807) is 0 Å². The number of aromatic carboxylic acids is 1. The summed E-state index contributed by atoms with van der Waals surface area (Å²) in [6.45, 7) is 3.94. The highest BCUT2D eigenvalue weighted by molar-refractivity contribution is 5.96. The van der Waals surface area contributed by atoms with Crippen molar-refractivity contribution in [3.8, 4) is 0 Å². The van der Waals surface area contributed by atoms with Crippen molar-refractivity contribution in [2.24, 2.45) is 0 Å². The standard InChI is InChI=1S/C14H18N2O3/c1-9(2)16(11-4-3-5-11)13(17)12-8-10(14(18)19)6-7-15-12/h6-9,11H,3-5H2,1-2H3,(H,18,19). The second-order valence-electron chi connectivity index (χ2n) is 5.13. The summed E-state index contributed by atoms with van der Waals surface area (Å²) in [7, 11) is 0. The fourth-order valence-corrected chi connectivity index (χ4v) is 2.30. The van der Waals surface area contributed by atoms with Crippen LogP contribution in [0.15, 0.2) is 18.3 Å². The summed E-state index contributed by atoms with van der Waals surface area (Å²) < 4.78 is 0. The maximum absolute atomic E-state index is 12.5. The van der Waals surface area contributed by atoms with Crippen molar-refractivity contribution in [1.29, 1.82) is 0 Å². The molecular weight excluding hydrogens is 244 g/mol. The van der Waals surface area contributed by atoms with E-state index in [1.165, 1.54) is 18.3 Å². The van der Waals surface area contributed by atoms with Gasteiger partial charge in [-0.25, -0.2) is 4.79 Å². The molecule has 19 heavy (non-hydrogen) atoms. The summed E-state index contributed by atoms with van der Waals surface area (Å²) in [6, 6.07) is 3.09. The van der Waals surface area contributed by atoms with E-state index < -0.39 is 5.97 Å². The van der Waals surface area contributed by atoms with E-state index in [0.717, 1.165) is 19.3 Å². The molecule has 0 atom stereocenters. The maximum atomic E-state index is 12.5. The van der Waals surface area contributed by atoms with E-state index in [2.05, 4.69) is 4.98 Å². The summed E-state index contributed by atoms with van der Waals surface area (Å²) in [5.41, 5.74) is 0.302. The smallest absolute Gasteiger partial charge is 0.335 e. The highest BCUT2D eigenvalue weighted by Crippen LogP contribution is 2.27. The van der Waals surface area contributed by atoms with E-state index in [1.807, 2.05) is 18.7 Å². The molecule has 0 saturated heterocycles. The minimum atomic E-state index is -1.05. The lowest BCUT2D eigenvalue weighted by molar-refractivity contribution is 0.0483. The summed E-state index contributed by atoms with van der Waals surface area (Å²) in [4.78, 5) is 29.2. The molecule has 0 spiro atoms. The zero-order valence-electron chi connectivity index (χ0n) is 11.2. The second kappa shape index (κ2) is 5.38. The van der Waals surface area contributed by atoms with Gasteiger partial charge in [0.05, 0.1) is 5.56 Å². The Morgan fingerprint density at radius 3 is 2.58 bits per heavy atom. The molecule has 1 aliphatic rings. The topological polar surface area (TPSA) is 70.5 Å². The molecule has 1 aromatic rings. The molecule has 1 heterocycles. The predicted molar refractivity (Wildman–Crippen MR) is 70.1 cm³/mol. The van der Waals surface area contributed by atoms with Gasteiger partial charge in [0.2, 0.25) is 0 Å². The van der Waals surface area contributed by atoms with Crippen LogP contribution in [0.25, 0.3) is 0 Å². The van der Waals surface area contributed by atoms with Crippen molar-refractivity contribution in [3.63, 3.8) is 0 Å². The molecule has 5 heteroatoms. The van der Waals surface area contributed by atoms with Gasteiger partial charge in [-0.15, -0.1) is 0 Å². The minimum Gasteiger partial charge on any atom is -0.478 e. The van der Waals surface area contributed by atoms with Crippen LogP contribution in [0, 0.1) is 0 Å². The Labute approximate surface area is 112 Å². The average molecular weight is 262 g/mol. The first-order valence-electron chi connectivity index (χ1n) is 6.52. The van der Waals surface area contributed by atoms with E-state index in [9.17, 15) is 9.59 Å². The molecule has 1 fully saturated rings. The molecule has 102 valence electrons. The number of hydrogen-bond donors (Lipinski definition) is 1. The maximum Gasteiger partial charge on any atom is 0.335 e. The number of rotatable bonds is 4. The first-order valence-corrected chi connectivity index (χ1v) is 6.52. The predicted octanol–water partition coefficient (Wildman–Crippen LogP) is 2.18. The minimum absolute atomic E-state index is 0.0908. The Morgan fingerprint density at radius 1 is 1.42 bits per heavy atom. The van der Waals surface area contributed by atoms with Crippen molar-refractivity contribution < 1.29 is 14.7 Å². The van der Waals surface area contributed by atoms with Crippen molar-refractivity contribution >= 4 is 11.9 Å². The van der Waals surface area contributed by atoms with Crippen LogP contribution in [0.1, 0.15) is 54.0 Å². The molecule has 0 unspecified atom stereocenters. The summed E-state index contributed by atoms with van der Waals surface area (Å²) in [6.07, 6.45) is 4.55. The Hall–Kier alpha value is -1.91. The lowest BCUT2D eigenvalue weighted by Gasteiger charge is -2.40. The Morgan fingerprint density at radius 2 is 2.11 bits per heavy atom. The van der Waals surface area contributed by atoms with Gasteiger partial charge in [0.15, 0.2) is 0 Å². The van der Waals surface area contributed by atoms with Gasteiger partial charge >= 0.3 is 5.97 Å². The first kappa shape index (κ1) is 13.5. The van der Waals surface area contributed by atoms with Crippen LogP contribution in [-0.2, 0) is 0 Å². The number of nitrogens with zero attached hydrogens (tertiary/aromatic N) is 2. The number of hydrogen-bond acceptors (Lipinski definition) is 3. The number of aromatic nitrogens is 1. The highest BCUT2D eigenvalue weighted by atomic mass is 16.4. The molecule has 2 rings (SSSR count). The van der Waals surface area contributed by atoms with Crippen LogP contribution < -0.4 is 0 Å². The van der Waals surface area contributed by atoms with Crippen LogP contribution in [-0.4, -0.2) is 39.0 Å². The fourth-order valence-electron chi connectivity index (χ4n) is 2.30. The number of carboxylic acids is 1. The van der Waals surface area contributed by atoms with Gasteiger partial charge in [0.1, 0.15) is 5.69 Å². The molecule has 0 aliphatic heterocycles. The quantitative estimate of drug-likeness (QED) is 0.902. The van der Waals surface area contributed by atoms with Crippen molar-refractivity contribution in [2.75, 3.05) is 0 Å². The van der Waals surface area contributed by atoms with Crippen LogP contribution in [0.5, 0.6) is 0 Å². The normalized spacial score (nSPS) is 15.1. The van der Waals surface area contributed by atoms with Crippen molar-refractivity contribution in [2.45, 2.75) is 45.2 Å². The van der Waals surface area contributed by atoms with Crippen molar-refractivity contribution in [1.82, 2.24) is 9.88 Å². The van der Waals surface area contributed by atoms with Gasteiger partial charge in [0.25, 0.3) is 5.91 Å². The molecule has 1 N–H and O–H groups in total.